The number of nitrogens with zero attached hydrogens (tertiary/aromatic N) is 1. The first-order chi connectivity index (χ1) is 13.1. The summed E-state index contributed by atoms with van der Waals surface area (Å²) in [6.45, 7) is 4.14. The summed E-state index contributed by atoms with van der Waals surface area (Å²) in [5.74, 6) is 0.580. The summed E-state index contributed by atoms with van der Waals surface area (Å²) < 4.78 is 20.1. The summed E-state index contributed by atoms with van der Waals surface area (Å²) in [7, 11) is 0. The first-order valence-corrected chi connectivity index (χ1v) is 11.2. The molecule has 6 heteroatoms. The van der Waals surface area contributed by atoms with Crippen molar-refractivity contribution in [2.45, 2.75) is 101 Å². The van der Waals surface area contributed by atoms with Crippen LogP contribution in [0.3, 0.4) is 0 Å². The molecule has 2 saturated carbocycles. The smallest absolute Gasteiger partial charge is 0.237 e. The Bertz CT molecular complexity index is 558. The van der Waals surface area contributed by atoms with Gasteiger partial charge in [-0.3, -0.25) is 9.69 Å². The maximum absolute atomic E-state index is 14.3. The topological polar surface area (TPSA) is 53.6 Å². The van der Waals surface area contributed by atoms with E-state index in [9.17, 15) is 9.18 Å². The fourth-order valence-corrected chi connectivity index (χ4v) is 6.57. The number of hydrogen-bond donors (Lipinski definition) is 2. The lowest BCUT2D eigenvalue weighted by atomic mass is 9.77. The van der Waals surface area contributed by atoms with Gasteiger partial charge in [0.25, 0.3) is 0 Å². The molecule has 0 aromatic heterocycles. The van der Waals surface area contributed by atoms with E-state index < -0.39 is 6.17 Å². The molecule has 5 nitrogen and oxygen atoms in total. The van der Waals surface area contributed by atoms with E-state index in [2.05, 4.69) is 22.5 Å². The summed E-state index contributed by atoms with van der Waals surface area (Å²) in [5.41, 5.74) is 0. The van der Waals surface area contributed by atoms with Gasteiger partial charge in [0.2, 0.25) is 5.91 Å². The standard InChI is InChI=1S/C21H34FN3O2/c1-12-5-6-18(22)17-9-19(24-20(12)17)21(26)23-13-3-2-4-14(7-13)25-10-16-8-15(25)11-27-16/h12-20,24H,2-11H2,1H3,(H,23,26). The van der Waals surface area contributed by atoms with Gasteiger partial charge in [0.05, 0.1) is 18.8 Å². The molecular weight excluding hydrogens is 345 g/mol. The Morgan fingerprint density at radius 3 is 2.78 bits per heavy atom. The Kier molecular flexibility index (Phi) is 4.93. The van der Waals surface area contributed by atoms with Gasteiger partial charge in [0.1, 0.15) is 6.17 Å². The number of rotatable bonds is 3. The number of nitrogens with one attached hydrogen (secondary N) is 2. The summed E-state index contributed by atoms with van der Waals surface area (Å²) in [5, 5.41) is 6.79. The van der Waals surface area contributed by atoms with Crippen molar-refractivity contribution >= 4 is 5.91 Å². The summed E-state index contributed by atoms with van der Waals surface area (Å²) in [6, 6.07) is 1.40. The van der Waals surface area contributed by atoms with Gasteiger partial charge in [-0.15, -0.1) is 0 Å². The minimum absolute atomic E-state index is 0.0174. The van der Waals surface area contributed by atoms with Crippen molar-refractivity contribution in [2.24, 2.45) is 11.8 Å². The molecule has 152 valence electrons. The van der Waals surface area contributed by atoms with Crippen LogP contribution < -0.4 is 10.6 Å². The number of alkyl halides is 1. The van der Waals surface area contributed by atoms with Crippen molar-refractivity contribution in [3.8, 4) is 0 Å². The van der Waals surface area contributed by atoms with Crippen molar-refractivity contribution in [3.05, 3.63) is 0 Å². The van der Waals surface area contributed by atoms with E-state index in [0.29, 0.717) is 36.9 Å². The van der Waals surface area contributed by atoms with E-state index in [1.165, 1.54) is 19.3 Å². The highest BCUT2D eigenvalue weighted by atomic mass is 19.1. The van der Waals surface area contributed by atoms with Crippen LogP contribution in [0.1, 0.15) is 58.3 Å². The molecule has 0 aromatic carbocycles. The van der Waals surface area contributed by atoms with Crippen molar-refractivity contribution in [1.82, 2.24) is 15.5 Å². The Labute approximate surface area is 161 Å². The molecule has 5 rings (SSSR count). The lowest BCUT2D eigenvalue weighted by Gasteiger charge is -2.40. The van der Waals surface area contributed by atoms with E-state index in [1.807, 2.05) is 0 Å². The molecule has 9 atom stereocenters. The zero-order valence-corrected chi connectivity index (χ0v) is 16.4. The van der Waals surface area contributed by atoms with E-state index >= 15 is 0 Å². The van der Waals surface area contributed by atoms with E-state index in [-0.39, 0.29) is 30.0 Å². The second-order valence-electron chi connectivity index (χ2n) is 9.78. The lowest BCUT2D eigenvalue weighted by molar-refractivity contribution is -0.124. The molecule has 0 spiro atoms. The number of carbonyl (C=O) groups is 1. The number of fused-ring (bicyclic) bond motifs is 3. The Hall–Kier alpha value is -0.720. The summed E-state index contributed by atoms with van der Waals surface area (Å²) in [4.78, 5) is 15.5. The van der Waals surface area contributed by atoms with Gasteiger partial charge in [-0.2, -0.15) is 0 Å². The Morgan fingerprint density at radius 1 is 1.15 bits per heavy atom. The molecule has 0 radical (unpaired) electrons. The molecule has 2 bridgehead atoms. The van der Waals surface area contributed by atoms with E-state index in [4.69, 9.17) is 4.74 Å². The second-order valence-corrected chi connectivity index (χ2v) is 9.78. The quantitative estimate of drug-likeness (QED) is 0.788. The van der Waals surface area contributed by atoms with Crippen LogP contribution in [-0.2, 0) is 9.53 Å². The molecule has 3 heterocycles. The molecule has 27 heavy (non-hydrogen) atoms. The summed E-state index contributed by atoms with van der Waals surface area (Å²) in [6.07, 6.45) is 7.66. The predicted molar refractivity (Wildman–Crippen MR) is 101 cm³/mol. The van der Waals surface area contributed by atoms with Crippen LogP contribution >= 0.6 is 0 Å². The minimum Gasteiger partial charge on any atom is -0.375 e. The fraction of sp³-hybridized carbons (Fsp3) is 0.952. The van der Waals surface area contributed by atoms with Gasteiger partial charge in [-0.25, -0.2) is 4.39 Å². The van der Waals surface area contributed by atoms with Crippen LogP contribution in [0.5, 0.6) is 0 Å². The Balaban J connectivity index is 1.16. The van der Waals surface area contributed by atoms with Gasteiger partial charge in [-0.05, 0) is 57.3 Å². The monoisotopic (exact) mass is 379 g/mol. The summed E-state index contributed by atoms with van der Waals surface area (Å²) >= 11 is 0. The van der Waals surface area contributed by atoms with Crippen LogP contribution in [0, 0.1) is 11.8 Å². The van der Waals surface area contributed by atoms with Crippen molar-refractivity contribution < 1.29 is 13.9 Å². The van der Waals surface area contributed by atoms with E-state index in [0.717, 1.165) is 32.4 Å². The van der Waals surface area contributed by atoms with Gasteiger partial charge >= 0.3 is 0 Å². The van der Waals surface area contributed by atoms with Crippen LogP contribution in [0.25, 0.3) is 0 Å². The highest BCUT2D eigenvalue weighted by Crippen LogP contribution is 2.39. The number of morpholine rings is 1. The number of ether oxygens (including phenoxy) is 1. The highest BCUT2D eigenvalue weighted by Gasteiger charge is 2.47. The van der Waals surface area contributed by atoms with Crippen LogP contribution in [0.4, 0.5) is 4.39 Å². The molecule has 9 unspecified atom stereocenters. The van der Waals surface area contributed by atoms with Gasteiger partial charge in [-0.1, -0.05) is 6.92 Å². The average molecular weight is 380 g/mol. The number of halogens is 1. The molecule has 3 saturated heterocycles. The maximum atomic E-state index is 14.3. The third-order valence-electron chi connectivity index (χ3n) is 8.06. The molecule has 5 aliphatic rings. The van der Waals surface area contributed by atoms with Crippen molar-refractivity contribution in [1.29, 1.82) is 0 Å². The second kappa shape index (κ2) is 7.27. The van der Waals surface area contributed by atoms with Crippen molar-refractivity contribution in [2.75, 3.05) is 13.2 Å². The number of carbonyl (C=O) groups excluding carboxylic acids is 1. The first-order valence-electron chi connectivity index (χ1n) is 11.2. The zero-order chi connectivity index (χ0) is 18.5. The maximum Gasteiger partial charge on any atom is 0.237 e. The molecule has 0 aromatic rings. The van der Waals surface area contributed by atoms with Gasteiger partial charge in [0, 0.05) is 36.6 Å². The van der Waals surface area contributed by atoms with Crippen LogP contribution in [-0.4, -0.2) is 66.4 Å². The van der Waals surface area contributed by atoms with Gasteiger partial charge < -0.3 is 15.4 Å². The highest BCUT2D eigenvalue weighted by molar-refractivity contribution is 5.82. The minimum atomic E-state index is -0.747. The number of amides is 1. The van der Waals surface area contributed by atoms with E-state index in [1.54, 1.807) is 0 Å². The van der Waals surface area contributed by atoms with Gasteiger partial charge in [0.15, 0.2) is 0 Å². The molecule has 2 N–H and O–H groups in total. The predicted octanol–water partition coefficient (Wildman–Crippen LogP) is 2.00. The molecule has 5 fully saturated rings. The molecule has 3 aliphatic heterocycles. The SMILES string of the molecule is CC1CCC(F)C2CC(C(=O)NC3CCCC(N4CC5CC4CO5)C3)NC12. The van der Waals surface area contributed by atoms with Crippen molar-refractivity contribution in [3.63, 3.8) is 0 Å². The zero-order valence-electron chi connectivity index (χ0n) is 16.4. The van der Waals surface area contributed by atoms with Crippen LogP contribution in [0.2, 0.25) is 0 Å². The fourth-order valence-electron chi connectivity index (χ4n) is 6.57. The third kappa shape index (κ3) is 3.42. The molecule has 2 aliphatic carbocycles. The largest absolute Gasteiger partial charge is 0.375 e. The first kappa shape index (κ1) is 18.3. The average Bonchev–Trinajstić information content (AvgIpc) is 3.40. The number of likely N-dealkylation sites (tertiary alicyclic amines) is 1. The molecule has 1 amide bonds. The third-order valence-corrected chi connectivity index (χ3v) is 8.06. The van der Waals surface area contributed by atoms with Crippen LogP contribution in [0.15, 0.2) is 0 Å². The molecular formula is C21H34FN3O2. The lowest BCUT2D eigenvalue weighted by Crippen LogP contribution is -2.52. The number of hydrogen-bond acceptors (Lipinski definition) is 4. The normalized spacial score (nSPS) is 49.9. The Morgan fingerprint density at radius 2 is 2.04 bits per heavy atom.